The van der Waals surface area contributed by atoms with Gasteiger partial charge >= 0.3 is 0 Å². The van der Waals surface area contributed by atoms with E-state index in [2.05, 4.69) is 28.1 Å². The summed E-state index contributed by atoms with van der Waals surface area (Å²) in [5.41, 5.74) is 0. The lowest BCUT2D eigenvalue weighted by Crippen LogP contribution is -2.35. The van der Waals surface area contributed by atoms with Gasteiger partial charge in [0, 0.05) is 5.97 Å². The summed E-state index contributed by atoms with van der Waals surface area (Å²) < 4.78 is 1.12. The highest BCUT2D eigenvalue weighted by atomic mass is 16.4. The van der Waals surface area contributed by atoms with Crippen molar-refractivity contribution in [2.24, 2.45) is 0 Å². The Bertz CT molecular complexity index is 230. The van der Waals surface area contributed by atoms with Crippen molar-refractivity contribution < 1.29 is 14.4 Å². The lowest BCUT2D eigenvalue weighted by molar-refractivity contribution is -0.870. The summed E-state index contributed by atoms with van der Waals surface area (Å²) in [5.74, 6) is -1.08. The lowest BCUT2D eigenvalue weighted by atomic mass is 10.1. The SMILES string of the molecule is CC(=O)[O-].CCCCCCCCCCCCCC[N+](C)(C)C. The van der Waals surface area contributed by atoms with E-state index in [1.807, 2.05) is 0 Å². The smallest absolute Gasteiger partial charge is 0.0780 e. The predicted molar refractivity (Wildman–Crippen MR) is 94.7 cm³/mol. The fraction of sp³-hybridized carbons (Fsp3) is 0.947. The second-order valence-corrected chi connectivity index (χ2v) is 7.39. The van der Waals surface area contributed by atoms with Gasteiger partial charge in [-0.3, -0.25) is 0 Å². The number of carbonyl (C=O) groups excluding carboxylic acids is 1. The fourth-order valence-corrected chi connectivity index (χ4v) is 2.43. The van der Waals surface area contributed by atoms with Crippen molar-refractivity contribution in [3.05, 3.63) is 0 Å². The van der Waals surface area contributed by atoms with Crippen LogP contribution in [0.5, 0.6) is 0 Å². The molecule has 0 heterocycles. The fourth-order valence-electron chi connectivity index (χ4n) is 2.43. The molecule has 0 saturated heterocycles. The average Bonchev–Trinajstić information content (AvgIpc) is 2.38. The van der Waals surface area contributed by atoms with Gasteiger partial charge in [0.15, 0.2) is 0 Å². The van der Waals surface area contributed by atoms with Crippen LogP contribution >= 0.6 is 0 Å². The van der Waals surface area contributed by atoms with Crippen molar-refractivity contribution in [2.75, 3.05) is 27.7 Å². The summed E-state index contributed by atoms with van der Waals surface area (Å²) in [6, 6.07) is 0. The summed E-state index contributed by atoms with van der Waals surface area (Å²) in [6.45, 7) is 4.59. The first-order valence-electron chi connectivity index (χ1n) is 9.27. The van der Waals surface area contributed by atoms with Crippen molar-refractivity contribution in [3.8, 4) is 0 Å². The Labute approximate surface area is 139 Å². The van der Waals surface area contributed by atoms with Crippen molar-refractivity contribution in [1.29, 1.82) is 0 Å². The summed E-state index contributed by atoms with van der Waals surface area (Å²) in [5, 5.41) is 8.89. The monoisotopic (exact) mass is 315 g/mol. The summed E-state index contributed by atoms with van der Waals surface area (Å²) >= 11 is 0. The van der Waals surface area contributed by atoms with Crippen LogP contribution in [0, 0.1) is 0 Å². The van der Waals surface area contributed by atoms with Crippen molar-refractivity contribution in [1.82, 2.24) is 0 Å². The van der Waals surface area contributed by atoms with Gasteiger partial charge in [-0.25, -0.2) is 0 Å². The number of unbranched alkanes of at least 4 members (excludes halogenated alkanes) is 11. The van der Waals surface area contributed by atoms with Gasteiger partial charge in [0.25, 0.3) is 0 Å². The highest BCUT2D eigenvalue weighted by molar-refractivity contribution is 5.60. The number of carboxylic acid groups (broad SMARTS) is 1. The van der Waals surface area contributed by atoms with E-state index < -0.39 is 5.97 Å². The first-order chi connectivity index (χ1) is 10.3. The van der Waals surface area contributed by atoms with Crippen LogP contribution in [0.2, 0.25) is 0 Å². The van der Waals surface area contributed by atoms with Crippen LogP contribution in [0.15, 0.2) is 0 Å². The van der Waals surface area contributed by atoms with Crippen molar-refractivity contribution in [3.63, 3.8) is 0 Å². The standard InChI is InChI=1S/C17H38N.C2H4O2/c1-5-6-7-8-9-10-11-12-13-14-15-16-17-18(2,3)4;1-2(3)4/h5-17H2,1-4H3;1H3,(H,3,4)/q+1;/p-1. The zero-order valence-corrected chi connectivity index (χ0v) is 16.0. The first kappa shape index (κ1) is 23.7. The molecule has 0 saturated carbocycles. The Balaban J connectivity index is 0. The molecule has 3 nitrogen and oxygen atoms in total. The van der Waals surface area contributed by atoms with E-state index >= 15 is 0 Å². The largest absolute Gasteiger partial charge is 0.550 e. The number of hydrogen-bond acceptors (Lipinski definition) is 2. The Morgan fingerprint density at radius 3 is 1.27 bits per heavy atom. The van der Waals surface area contributed by atoms with Crippen molar-refractivity contribution in [2.45, 2.75) is 90.9 Å². The number of nitrogens with zero attached hydrogens (tertiary/aromatic N) is 1. The molecule has 0 aliphatic carbocycles. The van der Waals surface area contributed by atoms with Crippen LogP contribution < -0.4 is 5.11 Å². The van der Waals surface area contributed by atoms with Gasteiger partial charge in [0.2, 0.25) is 0 Å². The molecule has 0 aliphatic rings. The third kappa shape index (κ3) is 31.7. The first-order valence-corrected chi connectivity index (χ1v) is 9.27. The molecule has 0 aromatic heterocycles. The highest BCUT2D eigenvalue weighted by Gasteiger charge is 2.04. The molecule has 0 fully saturated rings. The minimum absolute atomic E-state index is 0.972. The molecule has 0 radical (unpaired) electrons. The Morgan fingerprint density at radius 1 is 0.727 bits per heavy atom. The molecular weight excluding hydrogens is 274 g/mol. The summed E-state index contributed by atoms with van der Waals surface area (Å²) in [7, 11) is 6.87. The lowest BCUT2D eigenvalue weighted by Gasteiger charge is -2.23. The molecule has 0 N–H and O–H groups in total. The van der Waals surface area contributed by atoms with Gasteiger partial charge in [-0.15, -0.1) is 0 Å². The van der Waals surface area contributed by atoms with E-state index in [4.69, 9.17) is 9.90 Å². The number of rotatable bonds is 13. The normalized spacial score (nSPS) is 11.0. The molecule has 134 valence electrons. The molecule has 0 aromatic rings. The van der Waals surface area contributed by atoms with Crippen LogP contribution in [0.1, 0.15) is 90.9 Å². The van der Waals surface area contributed by atoms with E-state index in [-0.39, 0.29) is 0 Å². The van der Waals surface area contributed by atoms with E-state index in [0.29, 0.717) is 0 Å². The summed E-state index contributed by atoms with van der Waals surface area (Å²) in [6.07, 6.45) is 17.4. The zero-order chi connectivity index (χ0) is 17.3. The Hall–Kier alpha value is -0.570. The topological polar surface area (TPSA) is 40.1 Å². The number of carboxylic acids is 1. The molecule has 22 heavy (non-hydrogen) atoms. The molecule has 0 spiro atoms. The van der Waals surface area contributed by atoms with Gasteiger partial charge in [-0.1, -0.05) is 71.1 Å². The molecule has 0 amide bonds. The van der Waals surface area contributed by atoms with E-state index in [1.165, 1.54) is 83.6 Å². The molecule has 3 heteroatoms. The third-order valence-electron chi connectivity index (χ3n) is 3.68. The maximum Gasteiger partial charge on any atom is 0.0780 e. The van der Waals surface area contributed by atoms with Gasteiger partial charge < -0.3 is 14.4 Å². The van der Waals surface area contributed by atoms with E-state index in [1.54, 1.807) is 0 Å². The number of quaternary nitrogens is 1. The van der Waals surface area contributed by atoms with Crippen LogP contribution in [0.4, 0.5) is 0 Å². The quantitative estimate of drug-likeness (QED) is 0.378. The highest BCUT2D eigenvalue weighted by Crippen LogP contribution is 2.12. The van der Waals surface area contributed by atoms with E-state index in [0.717, 1.165) is 11.4 Å². The molecule has 0 aromatic carbocycles. The second kappa shape index (κ2) is 16.8. The molecular formula is C19H41NO2. The van der Waals surface area contributed by atoms with Crippen LogP contribution in [0.3, 0.4) is 0 Å². The maximum atomic E-state index is 8.89. The molecule has 0 unspecified atom stereocenters. The minimum atomic E-state index is -1.08. The Kier molecular flexibility index (Phi) is 18.1. The van der Waals surface area contributed by atoms with Gasteiger partial charge in [-0.05, 0) is 19.8 Å². The van der Waals surface area contributed by atoms with Crippen LogP contribution in [-0.4, -0.2) is 38.1 Å². The van der Waals surface area contributed by atoms with Gasteiger partial charge in [0.1, 0.15) is 0 Å². The molecule has 0 rings (SSSR count). The number of carbonyl (C=O) groups is 1. The Morgan fingerprint density at radius 2 is 1.00 bits per heavy atom. The predicted octanol–water partition coefficient (Wildman–Crippen LogP) is 4.15. The second-order valence-electron chi connectivity index (χ2n) is 7.39. The summed E-state index contributed by atoms with van der Waals surface area (Å²) in [4.78, 5) is 8.89. The average molecular weight is 316 g/mol. The molecule has 0 atom stereocenters. The minimum Gasteiger partial charge on any atom is -0.550 e. The zero-order valence-electron chi connectivity index (χ0n) is 16.0. The van der Waals surface area contributed by atoms with Crippen LogP contribution in [0.25, 0.3) is 0 Å². The third-order valence-corrected chi connectivity index (χ3v) is 3.68. The van der Waals surface area contributed by atoms with Gasteiger partial charge in [0.05, 0.1) is 27.7 Å². The van der Waals surface area contributed by atoms with Crippen LogP contribution in [-0.2, 0) is 4.79 Å². The molecule has 0 bridgehead atoms. The maximum absolute atomic E-state index is 8.89. The molecule has 0 aliphatic heterocycles. The van der Waals surface area contributed by atoms with Crippen molar-refractivity contribution >= 4 is 5.97 Å². The number of aliphatic carboxylic acids is 1. The van der Waals surface area contributed by atoms with E-state index in [9.17, 15) is 0 Å². The number of hydrogen-bond donors (Lipinski definition) is 0. The van der Waals surface area contributed by atoms with Gasteiger partial charge in [-0.2, -0.15) is 0 Å².